The molecule has 2 aromatic carbocycles. The summed E-state index contributed by atoms with van der Waals surface area (Å²) in [7, 11) is 0. The molecule has 0 saturated carbocycles. The summed E-state index contributed by atoms with van der Waals surface area (Å²) in [5.41, 5.74) is 2.52. The molecule has 31 heavy (non-hydrogen) atoms. The number of hydrogen-bond donors (Lipinski definition) is 2. The van der Waals surface area contributed by atoms with Crippen LogP contribution in [0.2, 0.25) is 0 Å². The van der Waals surface area contributed by atoms with E-state index in [9.17, 15) is 9.59 Å². The number of nitrogens with one attached hydrogen (secondary N) is 2. The number of carbonyl (C=O) groups excluding carboxylic acids is 2. The number of carbonyl (C=O) groups is 2. The van der Waals surface area contributed by atoms with Gasteiger partial charge in [-0.2, -0.15) is 0 Å². The molecule has 0 spiro atoms. The van der Waals surface area contributed by atoms with Gasteiger partial charge in [0.15, 0.2) is 0 Å². The van der Waals surface area contributed by atoms with Crippen LogP contribution in [0.3, 0.4) is 0 Å². The molecule has 2 atom stereocenters. The summed E-state index contributed by atoms with van der Waals surface area (Å²) >= 11 is 0. The predicted molar refractivity (Wildman–Crippen MR) is 123 cm³/mol. The van der Waals surface area contributed by atoms with Gasteiger partial charge < -0.3 is 15.4 Å². The van der Waals surface area contributed by atoms with Crippen LogP contribution < -0.4 is 10.6 Å². The minimum atomic E-state index is -0.598. The number of amides is 2. The molecule has 2 N–H and O–H groups in total. The van der Waals surface area contributed by atoms with Gasteiger partial charge in [-0.1, -0.05) is 50.6 Å². The van der Waals surface area contributed by atoms with Gasteiger partial charge in [0, 0.05) is 30.9 Å². The third kappa shape index (κ3) is 6.91. The van der Waals surface area contributed by atoms with Gasteiger partial charge >= 0.3 is 0 Å². The average molecular weight is 424 g/mol. The van der Waals surface area contributed by atoms with Gasteiger partial charge in [0.1, 0.15) is 6.04 Å². The Morgan fingerprint density at radius 1 is 1.03 bits per heavy atom. The van der Waals surface area contributed by atoms with Crippen LogP contribution in [0.15, 0.2) is 54.6 Å². The molecule has 3 rings (SSSR count). The first-order valence-corrected chi connectivity index (χ1v) is 11.1. The van der Waals surface area contributed by atoms with Crippen LogP contribution in [-0.2, 0) is 16.0 Å². The van der Waals surface area contributed by atoms with Crippen molar-refractivity contribution < 1.29 is 14.3 Å². The van der Waals surface area contributed by atoms with E-state index in [1.165, 1.54) is 5.56 Å². The third-order valence-electron chi connectivity index (χ3n) is 5.86. The molecular formula is C25H33N3O3. The van der Waals surface area contributed by atoms with Crippen LogP contribution >= 0.6 is 0 Å². The molecule has 0 radical (unpaired) electrons. The lowest BCUT2D eigenvalue weighted by atomic mass is 9.97. The zero-order chi connectivity index (χ0) is 22.1. The lowest BCUT2D eigenvalue weighted by Gasteiger charge is -2.26. The van der Waals surface area contributed by atoms with Crippen LogP contribution in [0, 0.1) is 5.92 Å². The number of ether oxygens (including phenoxy) is 1. The Morgan fingerprint density at radius 3 is 2.35 bits per heavy atom. The smallest absolute Gasteiger partial charge is 0.251 e. The normalized spacial score (nSPS) is 16.3. The fraction of sp³-hybridized carbons (Fsp3) is 0.440. The third-order valence-corrected chi connectivity index (χ3v) is 5.86. The van der Waals surface area contributed by atoms with Gasteiger partial charge in [-0.05, 0) is 42.2 Å². The van der Waals surface area contributed by atoms with Gasteiger partial charge in [-0.3, -0.25) is 14.5 Å². The Morgan fingerprint density at radius 2 is 1.71 bits per heavy atom. The molecule has 2 amide bonds. The topological polar surface area (TPSA) is 70.7 Å². The van der Waals surface area contributed by atoms with E-state index in [1.807, 2.05) is 44.2 Å². The standard InChI is InChI=1S/C25H33N3O3/c1-3-19(2)23(27-24(29)21-7-5-4-6-8-21)25(30)26-22-11-9-20(10-12-22)13-14-28-15-17-31-18-16-28/h4-12,19,23H,3,13-18H2,1-2H3,(H,26,30)(H,27,29). The first-order valence-electron chi connectivity index (χ1n) is 11.1. The van der Waals surface area contributed by atoms with Crippen LogP contribution in [0.1, 0.15) is 36.2 Å². The lowest BCUT2D eigenvalue weighted by molar-refractivity contribution is -0.119. The molecule has 6 heteroatoms. The Hall–Kier alpha value is -2.70. The second-order valence-electron chi connectivity index (χ2n) is 8.09. The van der Waals surface area contributed by atoms with E-state index in [-0.39, 0.29) is 17.7 Å². The van der Waals surface area contributed by atoms with E-state index < -0.39 is 6.04 Å². The van der Waals surface area contributed by atoms with Gasteiger partial charge in [0.2, 0.25) is 5.91 Å². The maximum atomic E-state index is 13.0. The molecule has 0 aromatic heterocycles. The SMILES string of the molecule is CCC(C)C(NC(=O)c1ccccc1)C(=O)Nc1ccc(CCN2CCOCC2)cc1. The van der Waals surface area contributed by atoms with Crippen molar-refractivity contribution in [3.05, 3.63) is 65.7 Å². The number of benzene rings is 2. The number of nitrogens with zero attached hydrogens (tertiary/aromatic N) is 1. The molecule has 6 nitrogen and oxygen atoms in total. The highest BCUT2D eigenvalue weighted by molar-refractivity contribution is 6.01. The van der Waals surface area contributed by atoms with Crippen molar-refractivity contribution in [1.29, 1.82) is 0 Å². The average Bonchev–Trinajstić information content (AvgIpc) is 2.82. The van der Waals surface area contributed by atoms with Crippen molar-refractivity contribution in [3.63, 3.8) is 0 Å². The summed E-state index contributed by atoms with van der Waals surface area (Å²) < 4.78 is 5.39. The van der Waals surface area contributed by atoms with Crippen molar-refractivity contribution in [2.75, 3.05) is 38.2 Å². The Bertz CT molecular complexity index is 833. The van der Waals surface area contributed by atoms with Crippen molar-refractivity contribution in [1.82, 2.24) is 10.2 Å². The maximum absolute atomic E-state index is 13.0. The van der Waals surface area contributed by atoms with Crippen molar-refractivity contribution in [3.8, 4) is 0 Å². The number of hydrogen-bond acceptors (Lipinski definition) is 4. The van der Waals surface area contributed by atoms with Gasteiger partial charge in [0.05, 0.1) is 13.2 Å². The van der Waals surface area contributed by atoms with Gasteiger partial charge in [-0.15, -0.1) is 0 Å². The van der Waals surface area contributed by atoms with E-state index in [1.54, 1.807) is 12.1 Å². The fourth-order valence-corrected chi connectivity index (χ4v) is 3.60. The molecule has 0 bridgehead atoms. The molecule has 2 unspecified atom stereocenters. The Balaban J connectivity index is 1.57. The highest BCUT2D eigenvalue weighted by Gasteiger charge is 2.26. The number of rotatable bonds is 9. The van der Waals surface area contributed by atoms with Gasteiger partial charge in [0.25, 0.3) is 5.91 Å². The van der Waals surface area contributed by atoms with Crippen molar-refractivity contribution in [2.24, 2.45) is 5.92 Å². The van der Waals surface area contributed by atoms with E-state index >= 15 is 0 Å². The summed E-state index contributed by atoms with van der Waals surface area (Å²) in [6.07, 6.45) is 1.75. The van der Waals surface area contributed by atoms with Crippen molar-refractivity contribution in [2.45, 2.75) is 32.7 Å². The minimum Gasteiger partial charge on any atom is -0.379 e. The quantitative estimate of drug-likeness (QED) is 0.649. The second kappa shape index (κ2) is 11.6. The summed E-state index contributed by atoms with van der Waals surface area (Å²) in [4.78, 5) is 27.9. The molecule has 1 heterocycles. The van der Waals surface area contributed by atoms with Crippen LogP contribution in [0.5, 0.6) is 0 Å². The second-order valence-corrected chi connectivity index (χ2v) is 8.09. The van der Waals surface area contributed by atoms with E-state index in [4.69, 9.17) is 4.74 Å². The summed E-state index contributed by atoms with van der Waals surface area (Å²) in [5.74, 6) is -0.417. The summed E-state index contributed by atoms with van der Waals surface area (Å²) in [5, 5.41) is 5.87. The summed E-state index contributed by atoms with van der Waals surface area (Å²) in [6.45, 7) is 8.59. The maximum Gasteiger partial charge on any atom is 0.251 e. The van der Waals surface area contributed by atoms with E-state index in [2.05, 4.69) is 27.7 Å². The molecule has 1 saturated heterocycles. The first kappa shape index (κ1) is 23.0. The molecule has 1 fully saturated rings. The summed E-state index contributed by atoms with van der Waals surface area (Å²) in [6, 6.07) is 16.3. The Kier molecular flexibility index (Phi) is 8.62. The Labute approximate surface area is 185 Å². The predicted octanol–water partition coefficient (Wildman–Crippen LogP) is 3.34. The molecule has 1 aliphatic rings. The molecule has 1 aliphatic heterocycles. The first-order chi connectivity index (χ1) is 15.1. The molecule has 0 aliphatic carbocycles. The van der Waals surface area contributed by atoms with Crippen LogP contribution in [0.4, 0.5) is 5.69 Å². The largest absolute Gasteiger partial charge is 0.379 e. The van der Waals surface area contributed by atoms with Crippen LogP contribution in [0.25, 0.3) is 0 Å². The molecular weight excluding hydrogens is 390 g/mol. The fourth-order valence-electron chi connectivity index (χ4n) is 3.60. The lowest BCUT2D eigenvalue weighted by Crippen LogP contribution is -2.47. The highest BCUT2D eigenvalue weighted by Crippen LogP contribution is 2.15. The molecule has 2 aromatic rings. The monoisotopic (exact) mass is 423 g/mol. The number of anilines is 1. The van der Waals surface area contributed by atoms with E-state index in [0.717, 1.165) is 51.4 Å². The zero-order valence-corrected chi connectivity index (χ0v) is 18.5. The van der Waals surface area contributed by atoms with Crippen molar-refractivity contribution >= 4 is 17.5 Å². The van der Waals surface area contributed by atoms with E-state index in [0.29, 0.717) is 5.56 Å². The zero-order valence-electron chi connectivity index (χ0n) is 18.5. The highest BCUT2D eigenvalue weighted by atomic mass is 16.5. The number of morpholine rings is 1. The minimum absolute atomic E-state index is 0.0143. The molecule has 166 valence electrons. The van der Waals surface area contributed by atoms with Gasteiger partial charge in [-0.25, -0.2) is 0 Å². The van der Waals surface area contributed by atoms with Crippen LogP contribution in [-0.4, -0.2) is 55.6 Å².